The van der Waals surface area contributed by atoms with Gasteiger partial charge in [0.1, 0.15) is 0 Å². The van der Waals surface area contributed by atoms with Crippen LogP contribution in [0.1, 0.15) is 88.8 Å². The zero-order valence-corrected chi connectivity index (χ0v) is 33.4. The summed E-state index contributed by atoms with van der Waals surface area (Å²) in [6, 6.07) is 23.7. The van der Waals surface area contributed by atoms with Crippen molar-refractivity contribution < 1.29 is 49.0 Å². The van der Waals surface area contributed by atoms with E-state index >= 15 is 0 Å². The Bertz CT molecular complexity index is 1380. The van der Waals surface area contributed by atoms with Crippen molar-refractivity contribution in [2.24, 2.45) is 5.92 Å². The molecular weight excluding hydrogens is 659 g/mol. The molecule has 0 N–H and O–H groups in total. The maximum atomic E-state index is 3.67. The minimum atomic E-state index is -1.07. The summed E-state index contributed by atoms with van der Waals surface area (Å²) >= 11 is 1.47. The summed E-state index contributed by atoms with van der Waals surface area (Å²) in [5.41, 5.74) is 12.8. The SMILES string of the molecule is CC(C)(C)c1[c-]c2c(cc1)-c1ccc(C(C)(C)C)cc1C2.CC1=[C-]C(C)C=C1[Si](C)(C)C.Cc1ccc([CH]=[Zr+2])cc1.[Cl-].[Cl-]. The fourth-order valence-corrected chi connectivity index (χ4v) is 7.76. The molecule has 0 heterocycles. The molecule has 5 rings (SSSR count). The molecule has 43 heavy (non-hydrogen) atoms. The van der Waals surface area contributed by atoms with E-state index in [9.17, 15) is 0 Å². The number of aryl methyl sites for hydroxylation is 1. The van der Waals surface area contributed by atoms with Crippen LogP contribution in [0, 0.1) is 25.0 Å². The van der Waals surface area contributed by atoms with E-state index in [1.807, 2.05) is 0 Å². The molecule has 4 heteroatoms. The molecule has 3 aromatic rings. The Morgan fingerprint density at radius 1 is 0.814 bits per heavy atom. The molecule has 0 amide bonds. The second-order valence-electron chi connectivity index (χ2n) is 14.8. The van der Waals surface area contributed by atoms with E-state index in [4.69, 9.17) is 0 Å². The van der Waals surface area contributed by atoms with Crippen molar-refractivity contribution in [2.75, 3.05) is 0 Å². The van der Waals surface area contributed by atoms with Crippen molar-refractivity contribution in [1.82, 2.24) is 0 Å². The van der Waals surface area contributed by atoms with E-state index in [1.165, 1.54) is 74.3 Å². The monoisotopic (exact) mass is 706 g/mol. The van der Waals surface area contributed by atoms with Crippen LogP contribution >= 0.6 is 0 Å². The molecule has 0 bridgehead atoms. The van der Waals surface area contributed by atoms with Gasteiger partial charge in [0.05, 0.1) is 0 Å². The third kappa shape index (κ3) is 10.9. The average Bonchev–Trinajstić information content (AvgIpc) is 3.42. The Kier molecular flexibility index (Phi) is 14.6. The van der Waals surface area contributed by atoms with Gasteiger partial charge in [0, 0.05) is 0 Å². The molecule has 1 atom stereocenters. The van der Waals surface area contributed by atoms with E-state index in [2.05, 4.69) is 158 Å². The van der Waals surface area contributed by atoms with Crippen LogP contribution in [0.5, 0.6) is 0 Å². The molecule has 2 aliphatic carbocycles. The molecule has 0 nitrogen and oxygen atoms in total. The molecule has 0 spiro atoms. The number of halogens is 2. The second-order valence-corrected chi connectivity index (χ2v) is 20.5. The third-order valence-electron chi connectivity index (χ3n) is 7.78. The van der Waals surface area contributed by atoms with Gasteiger partial charge in [0.15, 0.2) is 0 Å². The number of rotatable bonds is 2. The first-order valence-electron chi connectivity index (χ1n) is 15.0. The van der Waals surface area contributed by atoms with Crippen LogP contribution in [0.4, 0.5) is 0 Å². The Hall–Kier alpha value is -1.31. The smallest absolute Gasteiger partial charge is 1.00 e. The summed E-state index contributed by atoms with van der Waals surface area (Å²) in [7, 11) is -1.07. The molecule has 0 saturated carbocycles. The number of fused-ring (bicyclic) bond motifs is 3. The summed E-state index contributed by atoms with van der Waals surface area (Å²) in [6.07, 6.45) is 6.83. The van der Waals surface area contributed by atoms with Gasteiger partial charge in [-0.1, -0.05) is 105 Å². The standard InChI is InChI=1S/C21H25.C10H17Si.C8H8.2ClH.Zr/c1-20(2,3)16-7-9-18-14(12-16)11-15-13-17(21(4,5)6)8-10-19(15)18;1-8-6-9(2)10(7-8)11(3,4)5;1-7-3-5-8(2)6-4-7;;;/h7-10,12H,11H2,1-6H3;7-8H,1-5H3;1,3-6H,2H3;2*1H;/q2*-1;;;;+2/p-2. The van der Waals surface area contributed by atoms with Gasteiger partial charge in [-0.2, -0.15) is 29.8 Å². The zero-order valence-electron chi connectivity index (χ0n) is 28.4. The van der Waals surface area contributed by atoms with Crippen molar-refractivity contribution in [3.63, 3.8) is 0 Å². The van der Waals surface area contributed by atoms with Gasteiger partial charge in [-0.15, -0.1) is 11.1 Å². The summed E-state index contributed by atoms with van der Waals surface area (Å²) in [5.74, 6) is 0.553. The molecule has 0 aromatic heterocycles. The van der Waals surface area contributed by atoms with Crippen molar-refractivity contribution in [3.05, 3.63) is 117 Å². The number of hydrogen-bond acceptors (Lipinski definition) is 0. The third-order valence-corrected chi connectivity index (χ3v) is 10.8. The molecule has 2 aliphatic rings. The van der Waals surface area contributed by atoms with Crippen LogP contribution in [0.25, 0.3) is 11.1 Å². The first-order chi connectivity index (χ1) is 18.9. The van der Waals surface area contributed by atoms with E-state index < -0.39 is 8.07 Å². The van der Waals surface area contributed by atoms with Gasteiger partial charge in [-0.3, -0.25) is 6.08 Å². The van der Waals surface area contributed by atoms with Crippen molar-refractivity contribution >= 4 is 11.8 Å². The fraction of sp³-hybridized carbons (Fsp3) is 0.410. The molecule has 1 unspecified atom stereocenters. The van der Waals surface area contributed by atoms with Gasteiger partial charge in [-0.05, 0) is 36.5 Å². The Labute approximate surface area is 292 Å². The molecule has 0 radical (unpaired) electrons. The second kappa shape index (κ2) is 15.8. The number of allylic oxidation sites excluding steroid dienone is 4. The molecule has 230 valence electrons. The molecule has 0 fully saturated rings. The summed E-state index contributed by atoms with van der Waals surface area (Å²) in [6.45, 7) is 27.3. The minimum absolute atomic E-state index is 0. The quantitative estimate of drug-likeness (QED) is 0.212. The maximum absolute atomic E-state index is 3.67. The Balaban J connectivity index is 0.000000356. The van der Waals surface area contributed by atoms with Crippen LogP contribution in [-0.2, 0) is 41.5 Å². The van der Waals surface area contributed by atoms with Crippen LogP contribution in [0.2, 0.25) is 19.6 Å². The molecule has 0 saturated heterocycles. The largest absolute Gasteiger partial charge is 1.00 e. The van der Waals surface area contributed by atoms with Crippen LogP contribution < -0.4 is 24.8 Å². The van der Waals surface area contributed by atoms with Crippen LogP contribution in [0.15, 0.2) is 71.4 Å². The van der Waals surface area contributed by atoms with E-state index in [-0.39, 0.29) is 35.6 Å². The predicted molar refractivity (Wildman–Crippen MR) is 180 cm³/mol. The first kappa shape index (κ1) is 39.7. The van der Waals surface area contributed by atoms with Crippen molar-refractivity contribution in [2.45, 2.75) is 99.2 Å². The number of hydrogen-bond donors (Lipinski definition) is 0. The first-order valence-corrected chi connectivity index (χ1v) is 19.9. The van der Waals surface area contributed by atoms with E-state index in [1.54, 1.807) is 5.20 Å². The van der Waals surface area contributed by atoms with Crippen molar-refractivity contribution in [1.29, 1.82) is 0 Å². The summed E-state index contributed by atoms with van der Waals surface area (Å²) in [4.78, 5) is 0. The minimum Gasteiger partial charge on any atom is -1.00 e. The van der Waals surface area contributed by atoms with Crippen LogP contribution in [0.3, 0.4) is 0 Å². The average molecular weight is 709 g/mol. The fourth-order valence-electron chi connectivity index (χ4n) is 5.34. The van der Waals surface area contributed by atoms with E-state index in [0.717, 1.165) is 6.42 Å². The maximum Gasteiger partial charge on any atom is -1.00 e. The molecule has 3 aromatic carbocycles. The topological polar surface area (TPSA) is 0 Å². The van der Waals surface area contributed by atoms with Crippen molar-refractivity contribution in [3.8, 4) is 11.1 Å². The van der Waals surface area contributed by atoms with Gasteiger partial charge in [-0.25, -0.2) is 10.8 Å². The normalized spacial score (nSPS) is 15.2. The van der Waals surface area contributed by atoms with E-state index in [0.29, 0.717) is 5.92 Å². The number of benzene rings is 3. The van der Waals surface area contributed by atoms with Gasteiger partial charge in [0.2, 0.25) is 0 Å². The van der Waals surface area contributed by atoms with Gasteiger partial charge >= 0.3 is 70.3 Å². The van der Waals surface area contributed by atoms with Gasteiger partial charge < -0.3 is 24.8 Å². The summed E-state index contributed by atoms with van der Waals surface area (Å²) in [5, 5.41) is 1.60. The molecule has 0 aliphatic heterocycles. The predicted octanol–water partition coefficient (Wildman–Crippen LogP) is 4.54. The Morgan fingerprint density at radius 3 is 1.84 bits per heavy atom. The zero-order chi connectivity index (χ0) is 30.8. The van der Waals surface area contributed by atoms with Crippen LogP contribution in [-0.4, -0.2) is 11.8 Å². The summed E-state index contributed by atoms with van der Waals surface area (Å²) < 4.78 is 2.19. The van der Waals surface area contributed by atoms with Gasteiger partial charge in [0.25, 0.3) is 0 Å². The molecular formula is C39H50Cl2SiZr-2. The Morgan fingerprint density at radius 2 is 1.40 bits per heavy atom.